The topological polar surface area (TPSA) is 58.9 Å². The summed E-state index contributed by atoms with van der Waals surface area (Å²) in [6.45, 7) is 0. The predicted molar refractivity (Wildman–Crippen MR) is 44.5 cm³/mol. The van der Waals surface area contributed by atoms with Crippen LogP contribution in [0.2, 0.25) is 0 Å². The van der Waals surface area contributed by atoms with E-state index in [4.69, 9.17) is 0 Å². The minimum atomic E-state index is -0.507. The number of hydrogen-bond donors (Lipinski definition) is 1. The second-order valence-electron chi connectivity index (χ2n) is 1.84. The van der Waals surface area contributed by atoms with Crippen molar-refractivity contribution in [3.63, 3.8) is 0 Å². The maximum Gasteiger partial charge on any atom is 0.236 e. The Kier molecular flexibility index (Phi) is 2.43. The van der Waals surface area contributed by atoms with Gasteiger partial charge < -0.3 is 4.98 Å². The molecule has 11 heavy (non-hydrogen) atoms. The maximum absolute atomic E-state index is 9.90. The van der Waals surface area contributed by atoms with Crippen molar-refractivity contribution in [2.45, 2.75) is 0 Å². The van der Waals surface area contributed by atoms with Crippen LogP contribution in [0.5, 0.6) is 0 Å². The van der Waals surface area contributed by atoms with Gasteiger partial charge >= 0.3 is 0 Å². The van der Waals surface area contributed by atoms with Crippen LogP contribution in [0.3, 0.4) is 0 Å². The van der Waals surface area contributed by atoms with Gasteiger partial charge in [0.05, 0.1) is 10.6 Å². The lowest BCUT2D eigenvalue weighted by Crippen LogP contribution is -1.82. The number of hydrogen-bond acceptors (Lipinski definition) is 2. The zero-order valence-corrected chi connectivity index (χ0v) is 7.04. The fraction of sp³-hybridized carbons (Fsp3) is 0. The molecule has 0 aliphatic carbocycles. The van der Waals surface area contributed by atoms with Gasteiger partial charge in [-0.25, -0.2) is 0 Å². The number of halogens is 1. The average molecular weight is 217 g/mol. The van der Waals surface area contributed by atoms with Gasteiger partial charge in [-0.15, -0.1) is 0 Å². The number of aromatic nitrogens is 1. The molecule has 0 aliphatic rings. The van der Waals surface area contributed by atoms with E-state index in [0.717, 1.165) is 10.7 Å². The molecule has 0 unspecified atom stereocenters. The first kappa shape index (κ1) is 8.00. The van der Waals surface area contributed by atoms with Crippen LogP contribution >= 0.6 is 15.9 Å². The van der Waals surface area contributed by atoms with Gasteiger partial charge in [-0.3, -0.25) is 10.1 Å². The second kappa shape index (κ2) is 3.34. The minimum absolute atomic E-state index is 0.507. The van der Waals surface area contributed by atoms with Crippen molar-refractivity contribution in [3.05, 3.63) is 38.7 Å². The van der Waals surface area contributed by atoms with Gasteiger partial charge in [-0.1, -0.05) is 0 Å². The molecule has 0 amide bonds. The van der Waals surface area contributed by atoms with Crippen molar-refractivity contribution < 1.29 is 4.92 Å². The summed E-state index contributed by atoms with van der Waals surface area (Å²) in [7, 11) is 0. The zero-order chi connectivity index (χ0) is 8.27. The third kappa shape index (κ3) is 2.19. The number of aromatic amines is 1. The molecule has 1 rings (SSSR count). The number of nitrogens with one attached hydrogen (secondary N) is 1. The summed E-state index contributed by atoms with van der Waals surface area (Å²) in [5.41, 5.74) is 0.696. The fourth-order valence-corrected chi connectivity index (χ4v) is 1.01. The molecule has 1 heterocycles. The first-order valence-corrected chi connectivity index (χ1v) is 3.64. The van der Waals surface area contributed by atoms with Gasteiger partial charge in [0.25, 0.3) is 0 Å². The quantitative estimate of drug-likeness (QED) is 0.608. The minimum Gasteiger partial charge on any atom is -0.361 e. The van der Waals surface area contributed by atoms with Crippen LogP contribution < -0.4 is 0 Å². The Morgan fingerprint density at radius 1 is 1.73 bits per heavy atom. The van der Waals surface area contributed by atoms with Gasteiger partial charge in [0.2, 0.25) is 6.20 Å². The Labute approximate surface area is 71.2 Å². The number of rotatable bonds is 2. The van der Waals surface area contributed by atoms with Crippen LogP contribution in [0, 0.1) is 10.1 Å². The lowest BCUT2D eigenvalue weighted by molar-refractivity contribution is -0.401. The summed E-state index contributed by atoms with van der Waals surface area (Å²) < 4.78 is 0.815. The highest BCUT2D eigenvalue weighted by atomic mass is 79.9. The molecule has 1 aromatic rings. The summed E-state index contributed by atoms with van der Waals surface area (Å²) in [4.78, 5) is 12.2. The third-order valence-corrected chi connectivity index (χ3v) is 1.78. The van der Waals surface area contributed by atoms with Crippen LogP contribution in [0.1, 0.15) is 5.69 Å². The van der Waals surface area contributed by atoms with Gasteiger partial charge in [-0.2, -0.15) is 0 Å². The molecule has 0 aromatic carbocycles. The van der Waals surface area contributed by atoms with Crippen LogP contribution in [0.4, 0.5) is 0 Å². The second-order valence-corrected chi connectivity index (χ2v) is 2.69. The van der Waals surface area contributed by atoms with Crippen LogP contribution in [0.15, 0.2) is 22.9 Å². The number of nitro groups is 1. The normalized spacial score (nSPS) is 10.6. The average Bonchev–Trinajstić information content (AvgIpc) is 2.31. The van der Waals surface area contributed by atoms with Gasteiger partial charge in [-0.05, 0) is 22.0 Å². The smallest absolute Gasteiger partial charge is 0.236 e. The van der Waals surface area contributed by atoms with Crippen molar-refractivity contribution in [1.82, 2.24) is 4.98 Å². The van der Waals surface area contributed by atoms with E-state index in [9.17, 15) is 10.1 Å². The van der Waals surface area contributed by atoms with Crippen LogP contribution in [-0.2, 0) is 0 Å². The standard InChI is InChI=1S/C6H5BrN2O2/c7-5-1-3-8-6(5)2-4-9(10)11/h1-4,8H. The van der Waals surface area contributed by atoms with Gasteiger partial charge in [0, 0.05) is 16.7 Å². The molecule has 0 fully saturated rings. The molecule has 0 saturated carbocycles. The SMILES string of the molecule is O=[N+]([O-])C=Cc1[nH]ccc1Br. The van der Waals surface area contributed by atoms with Crippen LogP contribution in [-0.4, -0.2) is 9.91 Å². The highest BCUT2D eigenvalue weighted by Crippen LogP contribution is 2.15. The summed E-state index contributed by atoms with van der Waals surface area (Å²) >= 11 is 3.21. The molecule has 0 saturated heterocycles. The van der Waals surface area contributed by atoms with E-state index in [0.29, 0.717) is 5.69 Å². The molecule has 0 aliphatic heterocycles. The van der Waals surface area contributed by atoms with Crippen molar-refractivity contribution in [1.29, 1.82) is 0 Å². The molecule has 5 heteroatoms. The zero-order valence-electron chi connectivity index (χ0n) is 5.45. The van der Waals surface area contributed by atoms with Crippen molar-refractivity contribution in [2.24, 2.45) is 0 Å². The van der Waals surface area contributed by atoms with Crippen molar-refractivity contribution in [3.8, 4) is 0 Å². The highest BCUT2D eigenvalue weighted by Gasteiger charge is 1.96. The molecule has 1 aromatic heterocycles. The van der Waals surface area contributed by atoms with E-state index >= 15 is 0 Å². The first-order valence-electron chi connectivity index (χ1n) is 2.85. The highest BCUT2D eigenvalue weighted by molar-refractivity contribution is 9.10. The maximum atomic E-state index is 9.90. The first-order chi connectivity index (χ1) is 5.20. The lowest BCUT2D eigenvalue weighted by atomic mass is 10.4. The van der Waals surface area contributed by atoms with E-state index in [1.54, 1.807) is 12.3 Å². The number of H-pyrrole nitrogens is 1. The summed E-state index contributed by atoms with van der Waals surface area (Å²) in [5.74, 6) is 0. The molecule has 4 nitrogen and oxygen atoms in total. The summed E-state index contributed by atoms with van der Waals surface area (Å²) in [6.07, 6.45) is 3.98. The van der Waals surface area contributed by atoms with E-state index in [-0.39, 0.29) is 0 Å². The summed E-state index contributed by atoms with van der Waals surface area (Å²) in [5, 5.41) is 9.90. The molecule has 0 radical (unpaired) electrons. The Bertz CT molecular complexity index is 293. The van der Waals surface area contributed by atoms with E-state index < -0.39 is 4.92 Å². The van der Waals surface area contributed by atoms with Crippen LogP contribution in [0.25, 0.3) is 6.08 Å². The molecular formula is C6H5BrN2O2. The van der Waals surface area contributed by atoms with E-state index in [1.165, 1.54) is 6.08 Å². The summed E-state index contributed by atoms with van der Waals surface area (Å²) in [6, 6.07) is 1.78. The monoisotopic (exact) mass is 216 g/mol. The molecule has 58 valence electrons. The largest absolute Gasteiger partial charge is 0.361 e. The molecule has 0 atom stereocenters. The van der Waals surface area contributed by atoms with E-state index in [1.807, 2.05) is 0 Å². The van der Waals surface area contributed by atoms with Crippen molar-refractivity contribution in [2.75, 3.05) is 0 Å². The Morgan fingerprint density at radius 3 is 2.91 bits per heavy atom. The molecular weight excluding hydrogens is 212 g/mol. The molecule has 1 N–H and O–H groups in total. The Hall–Kier alpha value is -1.10. The Balaban J connectivity index is 2.79. The Morgan fingerprint density at radius 2 is 2.45 bits per heavy atom. The van der Waals surface area contributed by atoms with Gasteiger partial charge in [0.15, 0.2) is 0 Å². The fourth-order valence-electron chi connectivity index (χ4n) is 0.626. The van der Waals surface area contributed by atoms with Gasteiger partial charge in [0.1, 0.15) is 0 Å². The van der Waals surface area contributed by atoms with E-state index in [2.05, 4.69) is 20.9 Å². The number of nitrogens with zero attached hydrogens (tertiary/aromatic N) is 1. The predicted octanol–water partition coefficient (Wildman–Crippen LogP) is 2.02. The lowest BCUT2D eigenvalue weighted by Gasteiger charge is -1.84. The molecule has 0 spiro atoms. The molecule has 0 bridgehead atoms. The third-order valence-electron chi connectivity index (χ3n) is 1.09. The van der Waals surface area contributed by atoms with Crippen molar-refractivity contribution >= 4 is 22.0 Å².